The van der Waals surface area contributed by atoms with Gasteiger partial charge in [0.1, 0.15) is 22.9 Å². The third-order valence-electron chi connectivity index (χ3n) is 4.99. The molecule has 0 unspecified atom stereocenters. The summed E-state index contributed by atoms with van der Waals surface area (Å²) in [6.45, 7) is 6.18. The van der Waals surface area contributed by atoms with E-state index in [-0.39, 0.29) is 18.0 Å². The number of carbonyl (C=O) groups is 1. The Morgan fingerprint density at radius 2 is 1.81 bits per heavy atom. The van der Waals surface area contributed by atoms with Crippen LogP contribution >= 0.6 is 11.3 Å². The van der Waals surface area contributed by atoms with Crippen molar-refractivity contribution in [3.05, 3.63) is 75.7 Å². The van der Waals surface area contributed by atoms with Crippen molar-refractivity contribution in [1.29, 1.82) is 0 Å². The van der Waals surface area contributed by atoms with Gasteiger partial charge in [0.25, 0.3) is 5.56 Å². The summed E-state index contributed by atoms with van der Waals surface area (Å²) >= 11 is 1.49. The quantitative estimate of drug-likeness (QED) is 0.475. The third kappa shape index (κ3) is 4.22. The number of para-hydroxylation sites is 1. The Bertz CT molecular complexity index is 1290. The molecule has 4 rings (SSSR count). The summed E-state index contributed by atoms with van der Waals surface area (Å²) in [5.41, 5.74) is 2.26. The Kier molecular flexibility index (Phi) is 5.86. The van der Waals surface area contributed by atoms with Crippen LogP contribution in [0.2, 0.25) is 0 Å². The Hall–Kier alpha value is -3.45. The van der Waals surface area contributed by atoms with Crippen molar-refractivity contribution in [3.8, 4) is 16.9 Å². The molecule has 0 aliphatic carbocycles. The van der Waals surface area contributed by atoms with Crippen molar-refractivity contribution in [1.82, 2.24) is 9.55 Å². The molecule has 0 atom stereocenters. The van der Waals surface area contributed by atoms with Crippen molar-refractivity contribution in [2.45, 2.75) is 27.3 Å². The molecule has 1 amide bonds. The number of aryl methyl sites for hydroxylation is 2. The number of hydrogen-bond donors (Lipinski definition) is 1. The average Bonchev–Trinajstić information content (AvgIpc) is 3.08. The summed E-state index contributed by atoms with van der Waals surface area (Å²) in [6, 6.07) is 16.9. The van der Waals surface area contributed by atoms with Crippen LogP contribution in [-0.2, 0) is 11.3 Å². The lowest BCUT2D eigenvalue weighted by molar-refractivity contribution is -0.116. The number of fused-ring (bicyclic) bond motifs is 1. The van der Waals surface area contributed by atoms with Crippen LogP contribution in [0.5, 0.6) is 5.75 Å². The lowest BCUT2D eigenvalue weighted by Gasteiger charge is -2.11. The number of ether oxygens (including phenoxy) is 1. The van der Waals surface area contributed by atoms with Gasteiger partial charge >= 0.3 is 0 Å². The van der Waals surface area contributed by atoms with Gasteiger partial charge in [-0.3, -0.25) is 14.2 Å². The summed E-state index contributed by atoms with van der Waals surface area (Å²) in [5, 5.41) is 3.37. The zero-order valence-electron chi connectivity index (χ0n) is 17.6. The molecule has 31 heavy (non-hydrogen) atoms. The summed E-state index contributed by atoms with van der Waals surface area (Å²) in [6.07, 6.45) is 0. The second kappa shape index (κ2) is 8.73. The van der Waals surface area contributed by atoms with Crippen molar-refractivity contribution in [3.63, 3.8) is 0 Å². The van der Waals surface area contributed by atoms with E-state index in [1.165, 1.54) is 15.9 Å². The fourth-order valence-corrected chi connectivity index (χ4v) is 4.66. The van der Waals surface area contributed by atoms with Gasteiger partial charge in [0.15, 0.2) is 0 Å². The van der Waals surface area contributed by atoms with E-state index in [4.69, 9.17) is 4.74 Å². The summed E-state index contributed by atoms with van der Waals surface area (Å²) in [4.78, 5) is 32.3. The van der Waals surface area contributed by atoms with E-state index in [2.05, 4.69) is 10.3 Å². The minimum Gasteiger partial charge on any atom is -0.494 e. The van der Waals surface area contributed by atoms with E-state index in [0.717, 1.165) is 21.8 Å². The van der Waals surface area contributed by atoms with Gasteiger partial charge in [-0.05, 0) is 50.6 Å². The van der Waals surface area contributed by atoms with Crippen LogP contribution in [-0.4, -0.2) is 22.1 Å². The minimum atomic E-state index is -0.271. The van der Waals surface area contributed by atoms with E-state index in [1.807, 2.05) is 56.3 Å². The number of carbonyl (C=O) groups excluding carboxylic acids is 1. The lowest BCUT2D eigenvalue weighted by Crippen LogP contribution is -2.30. The molecule has 2 heterocycles. The molecular formula is C24H23N3O3S. The van der Waals surface area contributed by atoms with Gasteiger partial charge in [0.2, 0.25) is 5.91 Å². The first-order chi connectivity index (χ1) is 15.0. The molecule has 0 aliphatic heterocycles. The van der Waals surface area contributed by atoms with E-state index in [1.54, 1.807) is 19.1 Å². The minimum absolute atomic E-state index is 0.0971. The second-order valence-corrected chi connectivity index (χ2v) is 8.34. The number of amides is 1. The largest absolute Gasteiger partial charge is 0.494 e. The Labute approximate surface area is 184 Å². The maximum atomic E-state index is 13.4. The van der Waals surface area contributed by atoms with Crippen LogP contribution in [0.3, 0.4) is 0 Å². The smallest absolute Gasteiger partial charge is 0.263 e. The lowest BCUT2D eigenvalue weighted by atomic mass is 10.0. The van der Waals surface area contributed by atoms with E-state index in [9.17, 15) is 9.59 Å². The van der Waals surface area contributed by atoms with E-state index >= 15 is 0 Å². The van der Waals surface area contributed by atoms with Gasteiger partial charge in [-0.25, -0.2) is 4.98 Å². The standard InChI is InChI=1S/C24H23N3O3S/c1-4-30-19-12-10-17(11-13-19)21-15(2)31-23-22(21)24(29)27(16(3)25-23)14-20(28)26-18-8-6-5-7-9-18/h5-13H,4,14H2,1-3H3,(H,26,28). The number of rotatable bonds is 6. The molecule has 0 spiro atoms. The maximum Gasteiger partial charge on any atom is 0.263 e. The molecular weight excluding hydrogens is 410 g/mol. The first-order valence-electron chi connectivity index (χ1n) is 10.1. The fraction of sp³-hybridized carbons (Fsp3) is 0.208. The first-order valence-corrected chi connectivity index (χ1v) is 10.9. The van der Waals surface area contributed by atoms with Crippen LogP contribution in [0.15, 0.2) is 59.4 Å². The maximum absolute atomic E-state index is 13.4. The van der Waals surface area contributed by atoms with E-state index in [0.29, 0.717) is 28.3 Å². The molecule has 0 fully saturated rings. The normalized spacial score (nSPS) is 10.9. The Morgan fingerprint density at radius 1 is 1.10 bits per heavy atom. The summed E-state index contributed by atoms with van der Waals surface area (Å²) in [5.74, 6) is 1.03. The highest BCUT2D eigenvalue weighted by Crippen LogP contribution is 2.36. The fourth-order valence-electron chi connectivity index (χ4n) is 3.58. The van der Waals surface area contributed by atoms with Gasteiger partial charge in [0, 0.05) is 16.1 Å². The van der Waals surface area contributed by atoms with Crippen LogP contribution < -0.4 is 15.6 Å². The molecule has 0 saturated heterocycles. The van der Waals surface area contributed by atoms with Gasteiger partial charge in [-0.2, -0.15) is 0 Å². The van der Waals surface area contributed by atoms with Crippen LogP contribution in [0, 0.1) is 13.8 Å². The van der Waals surface area contributed by atoms with Gasteiger partial charge in [0.05, 0.1) is 12.0 Å². The highest BCUT2D eigenvalue weighted by atomic mass is 32.1. The molecule has 4 aromatic rings. The molecule has 1 N–H and O–H groups in total. The average molecular weight is 434 g/mol. The molecule has 0 radical (unpaired) electrons. The number of anilines is 1. The van der Waals surface area contributed by atoms with E-state index < -0.39 is 0 Å². The van der Waals surface area contributed by atoms with Gasteiger partial charge < -0.3 is 10.1 Å². The predicted molar refractivity (Wildman–Crippen MR) is 125 cm³/mol. The topological polar surface area (TPSA) is 73.2 Å². The number of thiophene rings is 1. The monoisotopic (exact) mass is 433 g/mol. The highest BCUT2D eigenvalue weighted by molar-refractivity contribution is 7.19. The highest BCUT2D eigenvalue weighted by Gasteiger charge is 2.19. The zero-order valence-corrected chi connectivity index (χ0v) is 18.5. The third-order valence-corrected chi connectivity index (χ3v) is 5.99. The molecule has 6 nitrogen and oxygen atoms in total. The van der Waals surface area contributed by atoms with Gasteiger partial charge in [-0.1, -0.05) is 30.3 Å². The van der Waals surface area contributed by atoms with Crippen LogP contribution in [0.1, 0.15) is 17.6 Å². The van der Waals surface area contributed by atoms with Crippen molar-refractivity contribution in [2.75, 3.05) is 11.9 Å². The summed E-state index contributed by atoms with van der Waals surface area (Å²) < 4.78 is 6.96. The Balaban J connectivity index is 1.74. The number of nitrogens with one attached hydrogen (secondary N) is 1. The molecule has 7 heteroatoms. The molecule has 2 aromatic carbocycles. The van der Waals surface area contributed by atoms with Crippen LogP contribution in [0.25, 0.3) is 21.3 Å². The zero-order chi connectivity index (χ0) is 22.0. The molecule has 2 aromatic heterocycles. The molecule has 0 bridgehead atoms. The molecule has 158 valence electrons. The summed E-state index contributed by atoms with van der Waals surface area (Å²) in [7, 11) is 0. The van der Waals surface area contributed by atoms with Crippen molar-refractivity contribution < 1.29 is 9.53 Å². The SMILES string of the molecule is CCOc1ccc(-c2c(C)sc3nc(C)n(CC(=O)Nc4ccccc4)c(=O)c23)cc1. The number of hydrogen-bond acceptors (Lipinski definition) is 5. The Morgan fingerprint density at radius 3 is 2.48 bits per heavy atom. The van der Waals surface area contributed by atoms with Gasteiger partial charge in [-0.15, -0.1) is 11.3 Å². The number of benzene rings is 2. The first kappa shape index (κ1) is 20.8. The number of nitrogens with zero attached hydrogens (tertiary/aromatic N) is 2. The second-order valence-electron chi connectivity index (χ2n) is 7.14. The predicted octanol–water partition coefficient (Wildman–Crippen LogP) is 4.78. The van der Waals surface area contributed by atoms with Crippen molar-refractivity contribution >= 4 is 33.1 Å². The number of aromatic nitrogens is 2. The molecule has 0 saturated carbocycles. The van der Waals surface area contributed by atoms with Crippen molar-refractivity contribution in [2.24, 2.45) is 0 Å². The van der Waals surface area contributed by atoms with Crippen LogP contribution in [0.4, 0.5) is 5.69 Å². The molecule has 0 aliphatic rings.